The maximum absolute atomic E-state index is 12.3. The fourth-order valence-electron chi connectivity index (χ4n) is 2.31. The minimum absolute atomic E-state index is 0.0261. The molecule has 1 amide bonds. The lowest BCUT2D eigenvalue weighted by molar-refractivity contribution is -0.128. The number of nitrogens with zero attached hydrogens (tertiary/aromatic N) is 1. The van der Waals surface area contributed by atoms with Crippen molar-refractivity contribution in [3.63, 3.8) is 0 Å². The van der Waals surface area contributed by atoms with E-state index in [1.54, 1.807) is 19.1 Å². The number of carbonyl (C=O) groups is 1. The number of hydrogen-bond acceptors (Lipinski definition) is 3. The lowest BCUT2D eigenvalue weighted by Crippen LogP contribution is -2.32. The van der Waals surface area contributed by atoms with Gasteiger partial charge in [-0.2, -0.15) is 0 Å². The van der Waals surface area contributed by atoms with Crippen LogP contribution in [0.4, 0.5) is 5.69 Å². The van der Waals surface area contributed by atoms with E-state index in [2.05, 4.69) is 21.2 Å². The van der Waals surface area contributed by atoms with Crippen molar-refractivity contribution < 1.29 is 9.53 Å². The summed E-state index contributed by atoms with van der Waals surface area (Å²) in [5.74, 6) is 0.821. The maximum atomic E-state index is 12.3. The second kappa shape index (κ2) is 8.02. The van der Waals surface area contributed by atoms with E-state index in [-0.39, 0.29) is 12.5 Å². The molecular formula is C18H21BrN2O2. The molecule has 4 nitrogen and oxygen atoms in total. The lowest BCUT2D eigenvalue weighted by Gasteiger charge is -2.20. The summed E-state index contributed by atoms with van der Waals surface area (Å²) in [5, 5.41) is 3.19. The van der Waals surface area contributed by atoms with Crippen molar-refractivity contribution in [2.45, 2.75) is 13.5 Å². The second-order valence-corrected chi connectivity index (χ2v) is 6.29. The van der Waals surface area contributed by atoms with E-state index in [1.807, 2.05) is 49.4 Å². The zero-order chi connectivity index (χ0) is 16.8. The van der Waals surface area contributed by atoms with Crippen molar-refractivity contribution >= 4 is 27.5 Å². The largest absolute Gasteiger partial charge is 0.496 e. The Balaban J connectivity index is 1.95. The van der Waals surface area contributed by atoms with Crippen molar-refractivity contribution in [3.05, 3.63) is 58.1 Å². The highest BCUT2D eigenvalue weighted by atomic mass is 79.9. The molecule has 0 saturated carbocycles. The zero-order valence-electron chi connectivity index (χ0n) is 13.6. The van der Waals surface area contributed by atoms with Gasteiger partial charge in [0, 0.05) is 29.3 Å². The normalized spacial score (nSPS) is 10.3. The fraction of sp³-hybridized carbons (Fsp3) is 0.278. The van der Waals surface area contributed by atoms with Gasteiger partial charge in [0.05, 0.1) is 13.7 Å². The van der Waals surface area contributed by atoms with Gasteiger partial charge in [-0.25, -0.2) is 0 Å². The van der Waals surface area contributed by atoms with Gasteiger partial charge < -0.3 is 15.0 Å². The Morgan fingerprint density at radius 1 is 1.26 bits per heavy atom. The Kier molecular flexibility index (Phi) is 6.04. The molecule has 0 heterocycles. The predicted octanol–water partition coefficient (Wildman–Crippen LogP) is 3.84. The highest BCUT2D eigenvalue weighted by molar-refractivity contribution is 9.10. The molecule has 2 rings (SSSR count). The van der Waals surface area contributed by atoms with Crippen LogP contribution in [-0.4, -0.2) is 31.5 Å². The van der Waals surface area contributed by atoms with E-state index in [4.69, 9.17) is 4.74 Å². The van der Waals surface area contributed by atoms with Gasteiger partial charge >= 0.3 is 0 Å². The number of halogens is 1. The van der Waals surface area contributed by atoms with Crippen LogP contribution in [0.2, 0.25) is 0 Å². The lowest BCUT2D eigenvalue weighted by atomic mass is 10.2. The van der Waals surface area contributed by atoms with E-state index in [1.165, 1.54) is 0 Å². The van der Waals surface area contributed by atoms with Crippen LogP contribution in [0.25, 0.3) is 0 Å². The molecule has 23 heavy (non-hydrogen) atoms. The fourth-order valence-corrected chi connectivity index (χ4v) is 2.78. The first-order valence-corrected chi connectivity index (χ1v) is 8.16. The molecule has 0 saturated heterocycles. The van der Waals surface area contributed by atoms with Crippen LogP contribution in [0.3, 0.4) is 0 Å². The first kappa shape index (κ1) is 17.3. The summed E-state index contributed by atoms with van der Waals surface area (Å²) in [6, 6.07) is 13.7. The van der Waals surface area contributed by atoms with E-state index in [0.29, 0.717) is 6.54 Å². The minimum Gasteiger partial charge on any atom is -0.496 e. The molecule has 0 aliphatic carbocycles. The van der Waals surface area contributed by atoms with Crippen LogP contribution in [0.1, 0.15) is 11.1 Å². The summed E-state index contributed by atoms with van der Waals surface area (Å²) < 4.78 is 6.35. The molecule has 2 aromatic rings. The number of ether oxygens (including phenoxy) is 1. The second-order valence-electron chi connectivity index (χ2n) is 5.37. The first-order valence-electron chi connectivity index (χ1n) is 7.37. The van der Waals surface area contributed by atoms with Crippen molar-refractivity contribution in [2.75, 3.05) is 26.0 Å². The summed E-state index contributed by atoms with van der Waals surface area (Å²) in [5.41, 5.74) is 3.05. The maximum Gasteiger partial charge on any atom is 0.241 e. The average molecular weight is 377 g/mol. The zero-order valence-corrected chi connectivity index (χ0v) is 15.2. The molecule has 0 fully saturated rings. The molecule has 0 aliphatic rings. The minimum atomic E-state index is 0.0261. The molecule has 0 radical (unpaired) electrons. The van der Waals surface area contributed by atoms with Crippen LogP contribution >= 0.6 is 15.9 Å². The van der Waals surface area contributed by atoms with Gasteiger partial charge in [0.25, 0.3) is 0 Å². The Hall–Kier alpha value is -2.01. The number of anilines is 1. The summed E-state index contributed by atoms with van der Waals surface area (Å²) in [6.07, 6.45) is 0. The Labute approximate surface area is 145 Å². The van der Waals surface area contributed by atoms with Crippen molar-refractivity contribution in [3.8, 4) is 5.75 Å². The van der Waals surface area contributed by atoms with Crippen molar-refractivity contribution in [2.24, 2.45) is 0 Å². The SMILES string of the molecule is COc1ccccc1CN(C)C(=O)CNc1ccc(Br)cc1C. The molecule has 2 aromatic carbocycles. The molecule has 0 aromatic heterocycles. The van der Waals surface area contributed by atoms with E-state index < -0.39 is 0 Å². The van der Waals surface area contributed by atoms with Crippen LogP contribution in [0.15, 0.2) is 46.9 Å². The molecule has 1 N–H and O–H groups in total. The molecule has 0 spiro atoms. The molecule has 0 unspecified atom stereocenters. The monoisotopic (exact) mass is 376 g/mol. The number of likely N-dealkylation sites (N-methyl/N-ethyl adjacent to an activating group) is 1. The summed E-state index contributed by atoms with van der Waals surface area (Å²) in [6.45, 7) is 2.79. The number of aryl methyl sites for hydroxylation is 1. The molecule has 0 bridgehead atoms. The summed E-state index contributed by atoms with van der Waals surface area (Å²) in [7, 11) is 3.43. The topological polar surface area (TPSA) is 41.6 Å². The quantitative estimate of drug-likeness (QED) is 0.832. The van der Waals surface area contributed by atoms with Crippen LogP contribution in [-0.2, 0) is 11.3 Å². The van der Waals surface area contributed by atoms with Gasteiger partial charge in [-0.3, -0.25) is 4.79 Å². The summed E-state index contributed by atoms with van der Waals surface area (Å²) in [4.78, 5) is 14.0. The number of benzene rings is 2. The number of amides is 1. The number of methoxy groups -OCH3 is 1. The smallest absolute Gasteiger partial charge is 0.241 e. The third-order valence-electron chi connectivity index (χ3n) is 3.64. The third-order valence-corrected chi connectivity index (χ3v) is 4.14. The van der Waals surface area contributed by atoms with Gasteiger partial charge in [0.15, 0.2) is 0 Å². The van der Waals surface area contributed by atoms with E-state index in [0.717, 1.165) is 27.0 Å². The Bertz CT molecular complexity index is 688. The van der Waals surface area contributed by atoms with Crippen LogP contribution in [0, 0.1) is 6.92 Å². The molecule has 0 atom stereocenters. The Morgan fingerprint density at radius 3 is 2.70 bits per heavy atom. The first-order chi connectivity index (χ1) is 11.0. The highest BCUT2D eigenvalue weighted by Gasteiger charge is 2.12. The average Bonchev–Trinajstić information content (AvgIpc) is 2.54. The molecule has 5 heteroatoms. The molecular weight excluding hydrogens is 356 g/mol. The van der Waals surface area contributed by atoms with Crippen molar-refractivity contribution in [1.29, 1.82) is 0 Å². The van der Waals surface area contributed by atoms with Crippen LogP contribution in [0.5, 0.6) is 5.75 Å². The van der Waals surface area contributed by atoms with Crippen LogP contribution < -0.4 is 10.1 Å². The number of para-hydroxylation sites is 1. The van der Waals surface area contributed by atoms with Crippen molar-refractivity contribution in [1.82, 2.24) is 4.90 Å². The number of hydrogen-bond donors (Lipinski definition) is 1. The predicted molar refractivity (Wildman–Crippen MR) is 96.8 cm³/mol. The van der Waals surface area contributed by atoms with Gasteiger partial charge in [0.1, 0.15) is 5.75 Å². The van der Waals surface area contributed by atoms with Gasteiger partial charge in [0.2, 0.25) is 5.91 Å². The highest BCUT2D eigenvalue weighted by Crippen LogP contribution is 2.21. The Morgan fingerprint density at radius 2 is 2.00 bits per heavy atom. The third kappa shape index (κ3) is 4.73. The molecule has 122 valence electrons. The van der Waals surface area contributed by atoms with Gasteiger partial charge in [-0.1, -0.05) is 34.1 Å². The number of rotatable bonds is 6. The van der Waals surface area contributed by atoms with Gasteiger partial charge in [-0.15, -0.1) is 0 Å². The number of carbonyl (C=O) groups excluding carboxylic acids is 1. The summed E-state index contributed by atoms with van der Waals surface area (Å²) >= 11 is 3.44. The van der Waals surface area contributed by atoms with E-state index >= 15 is 0 Å². The standard InChI is InChI=1S/C18H21BrN2O2/c1-13-10-15(19)8-9-16(13)20-11-18(22)21(2)12-14-6-4-5-7-17(14)23-3/h4-10,20H,11-12H2,1-3H3. The van der Waals surface area contributed by atoms with Gasteiger partial charge in [-0.05, 0) is 36.8 Å². The molecule has 0 aliphatic heterocycles. The number of nitrogens with one attached hydrogen (secondary N) is 1. The van der Waals surface area contributed by atoms with E-state index in [9.17, 15) is 4.79 Å².